The molecule has 6 heteroatoms. The van der Waals surface area contributed by atoms with Crippen molar-refractivity contribution in [2.24, 2.45) is 0 Å². The van der Waals surface area contributed by atoms with Crippen molar-refractivity contribution in [1.82, 2.24) is 9.97 Å². The number of nitrogens with one attached hydrogen (secondary N) is 1. The molecule has 2 aromatic carbocycles. The Balaban J connectivity index is 1.85. The third-order valence-corrected chi connectivity index (χ3v) is 4.18. The molecule has 4 rings (SSSR count). The molecule has 0 amide bonds. The highest BCUT2D eigenvalue weighted by molar-refractivity contribution is 5.84. The van der Waals surface area contributed by atoms with Crippen LogP contribution in [0.5, 0.6) is 0 Å². The van der Waals surface area contributed by atoms with E-state index in [4.69, 9.17) is 4.74 Å². The van der Waals surface area contributed by atoms with E-state index >= 15 is 0 Å². The first-order chi connectivity index (χ1) is 12.6. The molecule has 3 aromatic rings. The Morgan fingerprint density at radius 2 is 1.62 bits per heavy atom. The summed E-state index contributed by atoms with van der Waals surface area (Å²) >= 11 is 0. The highest BCUT2D eigenvalue weighted by Gasteiger charge is 2.21. The predicted octanol–water partition coefficient (Wildman–Crippen LogP) is 3.79. The molecule has 4 nitrogen and oxygen atoms in total. The molecular formula is C20H14F2N2O2. The van der Waals surface area contributed by atoms with Crippen molar-refractivity contribution in [3.05, 3.63) is 87.5 Å². The minimum atomic E-state index is -0.491. The highest BCUT2D eigenvalue weighted by atomic mass is 19.1. The minimum Gasteiger partial charge on any atom is -0.372 e. The zero-order valence-corrected chi connectivity index (χ0v) is 13.6. The highest BCUT2D eigenvalue weighted by Crippen LogP contribution is 2.31. The van der Waals surface area contributed by atoms with Crippen LogP contribution in [0.3, 0.4) is 0 Å². The SMILES string of the molecule is O=c1nc2c(c(-c3ccc(F)cc3)[nH]1)COC/C2=C\c1ccc(F)cc1. The molecule has 1 aromatic heterocycles. The van der Waals surface area contributed by atoms with Gasteiger partial charge in [0.05, 0.1) is 24.6 Å². The van der Waals surface area contributed by atoms with Crippen LogP contribution in [0.2, 0.25) is 0 Å². The fraction of sp³-hybridized carbons (Fsp3) is 0.100. The number of aromatic nitrogens is 2. The molecular weight excluding hydrogens is 338 g/mol. The van der Waals surface area contributed by atoms with E-state index in [2.05, 4.69) is 9.97 Å². The largest absolute Gasteiger partial charge is 0.372 e. The van der Waals surface area contributed by atoms with E-state index in [9.17, 15) is 13.6 Å². The van der Waals surface area contributed by atoms with Gasteiger partial charge in [-0.3, -0.25) is 0 Å². The number of nitrogens with zero attached hydrogens (tertiary/aromatic N) is 1. The van der Waals surface area contributed by atoms with Crippen molar-refractivity contribution in [2.45, 2.75) is 6.61 Å². The average Bonchev–Trinajstić information content (AvgIpc) is 2.64. The number of H-pyrrole nitrogens is 1. The fourth-order valence-electron chi connectivity index (χ4n) is 2.97. The Labute approximate surface area is 147 Å². The first-order valence-corrected chi connectivity index (χ1v) is 8.03. The third kappa shape index (κ3) is 3.19. The van der Waals surface area contributed by atoms with Gasteiger partial charge in [-0.05, 0) is 53.6 Å². The summed E-state index contributed by atoms with van der Waals surface area (Å²) < 4.78 is 32.0. The summed E-state index contributed by atoms with van der Waals surface area (Å²) in [6, 6.07) is 11.9. The number of hydrogen-bond acceptors (Lipinski definition) is 3. The number of aromatic amines is 1. The summed E-state index contributed by atoms with van der Waals surface area (Å²) in [5.41, 5.74) is 3.53. The van der Waals surface area contributed by atoms with Gasteiger partial charge < -0.3 is 9.72 Å². The molecule has 2 heterocycles. The van der Waals surface area contributed by atoms with Crippen LogP contribution in [0.15, 0.2) is 53.3 Å². The Kier molecular flexibility index (Phi) is 4.18. The maximum Gasteiger partial charge on any atom is 0.345 e. The summed E-state index contributed by atoms with van der Waals surface area (Å²) in [4.78, 5) is 18.9. The van der Waals surface area contributed by atoms with E-state index in [-0.39, 0.29) is 18.2 Å². The molecule has 0 radical (unpaired) electrons. The van der Waals surface area contributed by atoms with Gasteiger partial charge in [-0.1, -0.05) is 12.1 Å². The molecule has 0 fully saturated rings. The second kappa shape index (κ2) is 6.65. The molecule has 1 N–H and O–H groups in total. The molecule has 0 bridgehead atoms. The molecule has 0 saturated carbocycles. The normalized spacial score (nSPS) is 15.1. The first-order valence-electron chi connectivity index (χ1n) is 8.03. The summed E-state index contributed by atoms with van der Waals surface area (Å²) in [5.74, 6) is -0.673. The van der Waals surface area contributed by atoms with E-state index in [1.807, 2.05) is 6.08 Å². The lowest BCUT2D eigenvalue weighted by molar-refractivity contribution is 0.146. The van der Waals surface area contributed by atoms with Crippen LogP contribution >= 0.6 is 0 Å². The van der Waals surface area contributed by atoms with Crippen molar-refractivity contribution in [3.63, 3.8) is 0 Å². The summed E-state index contributed by atoms with van der Waals surface area (Å²) in [6.45, 7) is 0.580. The smallest absolute Gasteiger partial charge is 0.345 e. The van der Waals surface area contributed by atoms with Crippen LogP contribution in [-0.2, 0) is 11.3 Å². The van der Waals surface area contributed by atoms with Gasteiger partial charge in [-0.25, -0.2) is 13.6 Å². The number of fused-ring (bicyclic) bond motifs is 1. The first kappa shape index (κ1) is 16.4. The molecule has 1 aliphatic heterocycles. The summed E-state index contributed by atoms with van der Waals surface area (Å²) in [5, 5.41) is 0. The quantitative estimate of drug-likeness (QED) is 0.764. The Morgan fingerprint density at radius 3 is 2.31 bits per heavy atom. The minimum absolute atomic E-state index is 0.284. The van der Waals surface area contributed by atoms with E-state index in [0.717, 1.165) is 16.7 Å². The number of benzene rings is 2. The van der Waals surface area contributed by atoms with Crippen LogP contribution in [0.25, 0.3) is 22.9 Å². The lowest BCUT2D eigenvalue weighted by Crippen LogP contribution is -2.21. The van der Waals surface area contributed by atoms with Crippen LogP contribution in [0, 0.1) is 11.6 Å². The van der Waals surface area contributed by atoms with Gasteiger partial charge in [0.15, 0.2) is 0 Å². The van der Waals surface area contributed by atoms with E-state index in [1.54, 1.807) is 24.3 Å². The van der Waals surface area contributed by atoms with Gasteiger partial charge >= 0.3 is 5.69 Å². The van der Waals surface area contributed by atoms with Crippen molar-refractivity contribution in [3.8, 4) is 11.3 Å². The third-order valence-electron chi connectivity index (χ3n) is 4.18. The van der Waals surface area contributed by atoms with Gasteiger partial charge in [0, 0.05) is 11.1 Å². The zero-order valence-electron chi connectivity index (χ0n) is 13.6. The van der Waals surface area contributed by atoms with Gasteiger partial charge in [0.1, 0.15) is 11.6 Å². The molecule has 0 atom stereocenters. The zero-order chi connectivity index (χ0) is 18.1. The van der Waals surface area contributed by atoms with Crippen LogP contribution in [-0.4, -0.2) is 16.6 Å². The van der Waals surface area contributed by atoms with Crippen molar-refractivity contribution >= 4 is 11.6 Å². The van der Waals surface area contributed by atoms with Crippen LogP contribution in [0.4, 0.5) is 8.78 Å². The van der Waals surface area contributed by atoms with Gasteiger partial charge in [0.25, 0.3) is 0 Å². The number of hydrogen-bond donors (Lipinski definition) is 1. The average molecular weight is 352 g/mol. The fourth-order valence-corrected chi connectivity index (χ4v) is 2.97. The van der Waals surface area contributed by atoms with Crippen molar-refractivity contribution in [1.29, 1.82) is 0 Å². The standard InChI is InChI=1S/C20H14F2N2O2/c21-15-5-1-12(2-6-15)9-14-10-26-11-17-18(23-20(25)24-19(14)17)13-3-7-16(22)8-4-13/h1-9H,10-11H2,(H,23,24,25)/b14-9+. The molecule has 130 valence electrons. The number of halogens is 2. The second-order valence-corrected chi connectivity index (χ2v) is 5.96. The Bertz CT molecular complexity index is 1040. The maximum absolute atomic E-state index is 13.2. The van der Waals surface area contributed by atoms with E-state index in [1.165, 1.54) is 24.3 Å². The molecule has 0 saturated heterocycles. The number of rotatable bonds is 2. The predicted molar refractivity (Wildman–Crippen MR) is 94.2 cm³/mol. The molecule has 0 aliphatic carbocycles. The summed E-state index contributed by atoms with van der Waals surface area (Å²) in [6.07, 6.45) is 1.82. The summed E-state index contributed by atoms with van der Waals surface area (Å²) in [7, 11) is 0. The molecule has 0 spiro atoms. The van der Waals surface area contributed by atoms with Crippen LogP contribution in [0.1, 0.15) is 16.8 Å². The molecule has 0 unspecified atom stereocenters. The molecule has 1 aliphatic rings. The van der Waals surface area contributed by atoms with Crippen LogP contribution < -0.4 is 5.69 Å². The number of ether oxygens (including phenoxy) is 1. The van der Waals surface area contributed by atoms with E-state index < -0.39 is 5.69 Å². The van der Waals surface area contributed by atoms with E-state index in [0.29, 0.717) is 23.6 Å². The Hall–Kier alpha value is -3.12. The van der Waals surface area contributed by atoms with Gasteiger partial charge in [0.2, 0.25) is 0 Å². The van der Waals surface area contributed by atoms with Gasteiger partial charge in [-0.2, -0.15) is 4.98 Å². The lowest BCUT2D eigenvalue weighted by Gasteiger charge is -2.21. The lowest BCUT2D eigenvalue weighted by atomic mass is 9.98. The second-order valence-electron chi connectivity index (χ2n) is 5.96. The topological polar surface area (TPSA) is 55.0 Å². The monoisotopic (exact) mass is 352 g/mol. The van der Waals surface area contributed by atoms with Crippen molar-refractivity contribution in [2.75, 3.05) is 6.61 Å². The van der Waals surface area contributed by atoms with Crippen molar-refractivity contribution < 1.29 is 13.5 Å². The van der Waals surface area contributed by atoms with Gasteiger partial charge in [-0.15, -0.1) is 0 Å². The Morgan fingerprint density at radius 1 is 0.962 bits per heavy atom. The molecule has 26 heavy (non-hydrogen) atoms. The maximum atomic E-state index is 13.2.